The topological polar surface area (TPSA) is 73.9 Å². The van der Waals surface area contributed by atoms with E-state index in [1.165, 1.54) is 0 Å². The summed E-state index contributed by atoms with van der Waals surface area (Å²) < 4.78 is 16.9. The monoisotopic (exact) mass is 425 g/mol. The Morgan fingerprint density at radius 2 is 2.03 bits per heavy atom. The van der Waals surface area contributed by atoms with E-state index in [0.29, 0.717) is 30.0 Å². The van der Waals surface area contributed by atoms with Crippen LogP contribution in [0.5, 0.6) is 5.75 Å². The smallest absolute Gasteiger partial charge is 0.336 e. The maximum atomic E-state index is 13.4. The molecular formula is C25H31NO5. The third kappa shape index (κ3) is 4.26. The molecule has 1 N–H and O–H groups in total. The van der Waals surface area contributed by atoms with Crippen LogP contribution < -0.4 is 10.1 Å². The van der Waals surface area contributed by atoms with Crippen LogP contribution in [0, 0.1) is 11.3 Å². The standard InChI is InChI=1S/C25H31NO5/c1-15-21(24(28)31-14-16-8-7-11-30-16)22(17-9-5-6-10-20(17)29-4)23-18(26-15)12-25(2,3)13-19(23)27/h5-6,9-10,12,16,22-23,26H,7-8,11,13-14H2,1-4H3. The number of hydrogen-bond acceptors (Lipinski definition) is 6. The number of Topliss-reactive ketones (excluding diaryl/α,β-unsaturated/α-hetero) is 1. The first-order chi connectivity index (χ1) is 14.8. The summed E-state index contributed by atoms with van der Waals surface area (Å²) in [6, 6.07) is 7.59. The van der Waals surface area contributed by atoms with E-state index in [2.05, 4.69) is 25.2 Å². The number of nitrogens with one attached hydrogen (secondary N) is 1. The molecule has 1 aliphatic carbocycles. The van der Waals surface area contributed by atoms with Gasteiger partial charge in [-0.3, -0.25) is 4.79 Å². The highest BCUT2D eigenvalue weighted by molar-refractivity contribution is 5.96. The fourth-order valence-corrected chi connectivity index (χ4v) is 5.02. The fourth-order valence-electron chi connectivity index (χ4n) is 5.02. The van der Waals surface area contributed by atoms with Crippen LogP contribution in [0.2, 0.25) is 0 Å². The Balaban J connectivity index is 1.77. The molecular weight excluding hydrogens is 394 g/mol. The minimum absolute atomic E-state index is 0.0568. The molecule has 0 bridgehead atoms. The summed E-state index contributed by atoms with van der Waals surface area (Å²) in [5.41, 5.74) is 2.63. The second-order valence-corrected chi connectivity index (χ2v) is 9.33. The summed E-state index contributed by atoms with van der Waals surface area (Å²) in [5, 5.41) is 3.35. The van der Waals surface area contributed by atoms with Gasteiger partial charge in [-0.2, -0.15) is 0 Å². The predicted octanol–water partition coefficient (Wildman–Crippen LogP) is 3.88. The second-order valence-electron chi connectivity index (χ2n) is 9.33. The molecule has 6 heteroatoms. The summed E-state index contributed by atoms with van der Waals surface area (Å²) in [6.07, 6.45) is 4.36. The van der Waals surface area contributed by atoms with Crippen LogP contribution in [0.3, 0.4) is 0 Å². The molecule has 1 aromatic carbocycles. The lowest BCUT2D eigenvalue weighted by Gasteiger charge is -2.41. The van der Waals surface area contributed by atoms with Gasteiger partial charge >= 0.3 is 5.97 Å². The number of esters is 1. The molecule has 31 heavy (non-hydrogen) atoms. The van der Waals surface area contributed by atoms with Crippen LogP contribution in [0.25, 0.3) is 0 Å². The molecule has 1 aromatic rings. The van der Waals surface area contributed by atoms with Gasteiger partial charge in [0.25, 0.3) is 0 Å². The molecule has 1 fully saturated rings. The lowest BCUT2D eigenvalue weighted by atomic mass is 9.66. The lowest BCUT2D eigenvalue weighted by Crippen LogP contribution is -2.43. The SMILES string of the molecule is COc1ccccc1C1C(C(=O)OCC2CCCO2)=C(C)NC2=CC(C)(C)CC(=O)C21. The van der Waals surface area contributed by atoms with Gasteiger partial charge < -0.3 is 19.5 Å². The second kappa shape index (κ2) is 8.50. The van der Waals surface area contributed by atoms with Crippen LogP contribution in [-0.2, 0) is 19.1 Å². The van der Waals surface area contributed by atoms with Gasteiger partial charge in [0.15, 0.2) is 0 Å². The zero-order valence-corrected chi connectivity index (χ0v) is 18.7. The van der Waals surface area contributed by atoms with E-state index in [1.54, 1.807) is 7.11 Å². The Morgan fingerprint density at radius 3 is 2.74 bits per heavy atom. The number of benzene rings is 1. The molecule has 3 atom stereocenters. The number of carbonyl (C=O) groups excluding carboxylic acids is 2. The van der Waals surface area contributed by atoms with Crippen LogP contribution in [0.1, 0.15) is 51.5 Å². The number of ether oxygens (including phenoxy) is 3. The van der Waals surface area contributed by atoms with Gasteiger partial charge in [0.1, 0.15) is 18.1 Å². The Bertz CT molecular complexity index is 939. The van der Waals surface area contributed by atoms with Crippen molar-refractivity contribution in [2.45, 2.75) is 52.1 Å². The first-order valence-electron chi connectivity index (χ1n) is 11.0. The van der Waals surface area contributed by atoms with E-state index in [0.717, 1.165) is 24.1 Å². The van der Waals surface area contributed by atoms with Crippen molar-refractivity contribution in [3.05, 3.63) is 52.9 Å². The largest absolute Gasteiger partial charge is 0.496 e. The highest BCUT2D eigenvalue weighted by Crippen LogP contribution is 2.48. The molecule has 6 nitrogen and oxygen atoms in total. The average Bonchev–Trinajstić information content (AvgIpc) is 3.23. The number of carbonyl (C=O) groups is 2. The Morgan fingerprint density at radius 1 is 1.26 bits per heavy atom. The Hall–Kier alpha value is -2.60. The van der Waals surface area contributed by atoms with Crippen molar-refractivity contribution in [2.75, 3.05) is 20.3 Å². The Kier molecular flexibility index (Phi) is 5.93. The van der Waals surface area contributed by atoms with E-state index in [4.69, 9.17) is 14.2 Å². The summed E-state index contributed by atoms with van der Waals surface area (Å²) in [5.74, 6) is -0.581. The maximum absolute atomic E-state index is 13.4. The van der Waals surface area contributed by atoms with Crippen molar-refractivity contribution in [3.8, 4) is 5.75 Å². The quantitative estimate of drug-likeness (QED) is 0.722. The Labute approximate surface area is 183 Å². The first kappa shape index (κ1) is 21.6. The van der Waals surface area contributed by atoms with E-state index in [9.17, 15) is 9.59 Å². The zero-order chi connectivity index (χ0) is 22.2. The number of para-hydroxylation sites is 1. The minimum Gasteiger partial charge on any atom is -0.496 e. The van der Waals surface area contributed by atoms with Crippen LogP contribution in [0.4, 0.5) is 0 Å². The van der Waals surface area contributed by atoms with Crippen molar-refractivity contribution >= 4 is 11.8 Å². The molecule has 1 saturated heterocycles. The number of ketones is 1. The molecule has 166 valence electrons. The fraction of sp³-hybridized carbons (Fsp3) is 0.520. The van der Waals surface area contributed by atoms with Gasteiger partial charge in [-0.05, 0) is 31.2 Å². The van der Waals surface area contributed by atoms with Crippen LogP contribution in [0.15, 0.2) is 47.3 Å². The van der Waals surface area contributed by atoms with Crippen molar-refractivity contribution in [3.63, 3.8) is 0 Å². The predicted molar refractivity (Wildman–Crippen MR) is 116 cm³/mol. The van der Waals surface area contributed by atoms with E-state index in [1.807, 2.05) is 31.2 Å². The lowest BCUT2D eigenvalue weighted by molar-refractivity contribution is -0.143. The van der Waals surface area contributed by atoms with Crippen molar-refractivity contribution in [1.82, 2.24) is 5.32 Å². The molecule has 2 heterocycles. The van der Waals surface area contributed by atoms with Gasteiger partial charge in [-0.15, -0.1) is 0 Å². The number of hydrogen-bond donors (Lipinski definition) is 1. The molecule has 3 unspecified atom stereocenters. The molecule has 0 amide bonds. The van der Waals surface area contributed by atoms with Crippen molar-refractivity contribution in [1.29, 1.82) is 0 Å². The number of methoxy groups -OCH3 is 1. The maximum Gasteiger partial charge on any atom is 0.336 e. The number of allylic oxidation sites excluding steroid dienone is 3. The third-order valence-corrected chi connectivity index (χ3v) is 6.36. The van der Waals surface area contributed by atoms with Crippen molar-refractivity contribution in [2.24, 2.45) is 11.3 Å². The average molecular weight is 426 g/mol. The summed E-state index contributed by atoms with van der Waals surface area (Å²) in [4.78, 5) is 26.7. The number of rotatable bonds is 5. The normalized spacial score (nSPS) is 27.3. The highest BCUT2D eigenvalue weighted by Gasteiger charge is 2.47. The van der Waals surface area contributed by atoms with Gasteiger partial charge in [-0.1, -0.05) is 38.1 Å². The molecule has 3 aliphatic rings. The molecule has 0 radical (unpaired) electrons. The zero-order valence-electron chi connectivity index (χ0n) is 18.7. The van der Waals surface area contributed by atoms with E-state index in [-0.39, 0.29) is 23.9 Å². The van der Waals surface area contributed by atoms with Gasteiger partial charge in [0.05, 0.1) is 24.7 Å². The van der Waals surface area contributed by atoms with Gasteiger partial charge in [-0.25, -0.2) is 4.79 Å². The molecule has 0 saturated carbocycles. The van der Waals surface area contributed by atoms with Crippen LogP contribution in [-0.4, -0.2) is 38.2 Å². The molecule has 4 rings (SSSR count). The van der Waals surface area contributed by atoms with Crippen LogP contribution >= 0.6 is 0 Å². The van der Waals surface area contributed by atoms with E-state index >= 15 is 0 Å². The minimum atomic E-state index is -0.474. The van der Waals surface area contributed by atoms with Gasteiger partial charge in [0.2, 0.25) is 0 Å². The third-order valence-electron chi connectivity index (χ3n) is 6.36. The van der Waals surface area contributed by atoms with Crippen molar-refractivity contribution < 1.29 is 23.8 Å². The molecule has 0 aromatic heterocycles. The van der Waals surface area contributed by atoms with Gasteiger partial charge in [0, 0.05) is 35.9 Å². The summed E-state index contributed by atoms with van der Waals surface area (Å²) in [7, 11) is 1.61. The molecule has 0 spiro atoms. The first-order valence-corrected chi connectivity index (χ1v) is 11.0. The van der Waals surface area contributed by atoms with E-state index < -0.39 is 17.8 Å². The highest BCUT2D eigenvalue weighted by atomic mass is 16.6. The summed E-state index contributed by atoms with van der Waals surface area (Å²) in [6.45, 7) is 6.91. The molecule has 2 aliphatic heterocycles. The summed E-state index contributed by atoms with van der Waals surface area (Å²) >= 11 is 0. The number of fused-ring (bicyclic) bond motifs is 1.